The Morgan fingerprint density at radius 2 is 2.10 bits per heavy atom. The van der Waals surface area contributed by atoms with E-state index in [0.29, 0.717) is 12.4 Å². The summed E-state index contributed by atoms with van der Waals surface area (Å²) in [6, 6.07) is 7.50. The summed E-state index contributed by atoms with van der Waals surface area (Å²) in [5.74, 6) is -0.728. The van der Waals surface area contributed by atoms with Gasteiger partial charge in [0.2, 0.25) is 5.91 Å². The van der Waals surface area contributed by atoms with E-state index in [-0.39, 0.29) is 32.0 Å². The monoisotopic (exact) mass is 293 g/mol. The van der Waals surface area contributed by atoms with Crippen molar-refractivity contribution in [1.82, 2.24) is 5.32 Å². The van der Waals surface area contributed by atoms with Crippen LogP contribution >= 0.6 is 0 Å². The van der Waals surface area contributed by atoms with Crippen molar-refractivity contribution < 1.29 is 24.2 Å². The number of amides is 1. The van der Waals surface area contributed by atoms with Crippen molar-refractivity contribution in [3.8, 4) is 5.75 Å². The van der Waals surface area contributed by atoms with Crippen molar-refractivity contribution in [1.29, 1.82) is 0 Å². The number of hydrogen-bond acceptors (Lipinski definition) is 4. The zero-order chi connectivity index (χ0) is 15.3. The molecular weight excluding hydrogens is 274 g/mol. The molecule has 0 spiro atoms. The third-order valence-corrected chi connectivity index (χ3v) is 3.43. The lowest BCUT2D eigenvalue weighted by Crippen LogP contribution is -2.55. The standard InChI is InChI=1S/C15H19NO5/c1-11-2-4-12(5-3-11)21-8-6-13(17)16-15(14(18)19)7-9-20-10-15/h2-5H,6-10H2,1H3,(H,16,17)(H,18,19). The van der Waals surface area contributed by atoms with Crippen LogP contribution in [0.3, 0.4) is 0 Å². The average molecular weight is 293 g/mol. The number of nitrogens with one attached hydrogen (secondary N) is 1. The number of rotatable bonds is 6. The number of carboxylic acids is 1. The molecule has 0 bridgehead atoms. The lowest BCUT2D eigenvalue weighted by atomic mass is 9.99. The van der Waals surface area contributed by atoms with Gasteiger partial charge in [-0.2, -0.15) is 0 Å². The van der Waals surface area contributed by atoms with Crippen LogP contribution < -0.4 is 10.1 Å². The Morgan fingerprint density at radius 3 is 2.67 bits per heavy atom. The Kier molecular flexibility index (Phi) is 4.80. The fourth-order valence-electron chi connectivity index (χ4n) is 2.11. The van der Waals surface area contributed by atoms with Crippen LogP contribution in [-0.4, -0.2) is 42.3 Å². The summed E-state index contributed by atoms with van der Waals surface area (Å²) < 4.78 is 10.5. The van der Waals surface area contributed by atoms with Gasteiger partial charge in [0.15, 0.2) is 5.54 Å². The van der Waals surface area contributed by atoms with E-state index < -0.39 is 11.5 Å². The molecule has 1 heterocycles. The van der Waals surface area contributed by atoms with Crippen molar-refractivity contribution in [2.24, 2.45) is 0 Å². The Labute approximate surface area is 123 Å². The van der Waals surface area contributed by atoms with Gasteiger partial charge in [-0.1, -0.05) is 17.7 Å². The summed E-state index contributed by atoms with van der Waals surface area (Å²) in [7, 11) is 0. The second-order valence-electron chi connectivity index (χ2n) is 5.15. The van der Waals surface area contributed by atoms with E-state index in [0.717, 1.165) is 5.56 Å². The summed E-state index contributed by atoms with van der Waals surface area (Å²) in [6.45, 7) is 2.52. The quantitative estimate of drug-likeness (QED) is 0.821. The average Bonchev–Trinajstić information content (AvgIpc) is 2.91. The molecule has 0 radical (unpaired) electrons. The molecule has 1 aliphatic heterocycles. The normalized spacial score (nSPS) is 21.0. The minimum absolute atomic E-state index is 0.00684. The number of aliphatic carboxylic acids is 1. The van der Waals surface area contributed by atoms with Gasteiger partial charge in [0, 0.05) is 13.0 Å². The first kappa shape index (κ1) is 15.3. The highest BCUT2D eigenvalue weighted by Gasteiger charge is 2.43. The minimum atomic E-state index is -1.29. The second-order valence-corrected chi connectivity index (χ2v) is 5.15. The van der Waals surface area contributed by atoms with Gasteiger partial charge in [0.05, 0.1) is 19.6 Å². The highest BCUT2D eigenvalue weighted by Crippen LogP contribution is 2.19. The number of ether oxygens (including phenoxy) is 2. The van der Waals surface area contributed by atoms with Gasteiger partial charge in [0.1, 0.15) is 5.75 Å². The molecule has 1 atom stereocenters. The lowest BCUT2D eigenvalue weighted by Gasteiger charge is -2.23. The van der Waals surface area contributed by atoms with E-state index in [9.17, 15) is 14.7 Å². The minimum Gasteiger partial charge on any atom is -0.493 e. The van der Waals surface area contributed by atoms with Crippen LogP contribution in [0, 0.1) is 6.92 Å². The molecule has 1 aliphatic rings. The number of carbonyl (C=O) groups excluding carboxylic acids is 1. The Hall–Kier alpha value is -2.08. The Morgan fingerprint density at radius 1 is 1.38 bits per heavy atom. The first-order chi connectivity index (χ1) is 10.0. The molecule has 0 aliphatic carbocycles. The van der Waals surface area contributed by atoms with Crippen LogP contribution in [0.5, 0.6) is 5.75 Å². The maximum absolute atomic E-state index is 11.8. The van der Waals surface area contributed by atoms with Gasteiger partial charge in [-0.05, 0) is 19.1 Å². The fraction of sp³-hybridized carbons (Fsp3) is 0.467. The number of carboxylic acid groups (broad SMARTS) is 1. The molecule has 0 saturated carbocycles. The van der Waals surface area contributed by atoms with Crippen molar-refractivity contribution >= 4 is 11.9 Å². The summed E-state index contributed by atoms with van der Waals surface area (Å²) in [4.78, 5) is 23.1. The van der Waals surface area contributed by atoms with Gasteiger partial charge >= 0.3 is 5.97 Å². The molecule has 0 aromatic heterocycles. The van der Waals surface area contributed by atoms with E-state index in [1.54, 1.807) is 0 Å². The maximum Gasteiger partial charge on any atom is 0.331 e. The number of hydrogen-bond donors (Lipinski definition) is 2. The first-order valence-electron chi connectivity index (χ1n) is 6.83. The molecule has 6 heteroatoms. The van der Waals surface area contributed by atoms with Crippen LogP contribution in [0.1, 0.15) is 18.4 Å². The molecule has 1 saturated heterocycles. The third kappa shape index (κ3) is 3.95. The molecule has 1 unspecified atom stereocenters. The van der Waals surface area contributed by atoms with E-state index in [1.165, 1.54) is 0 Å². The first-order valence-corrected chi connectivity index (χ1v) is 6.83. The van der Waals surface area contributed by atoms with Crippen LogP contribution in [-0.2, 0) is 14.3 Å². The maximum atomic E-state index is 11.8. The molecule has 2 N–H and O–H groups in total. The largest absolute Gasteiger partial charge is 0.493 e. The molecular formula is C15H19NO5. The smallest absolute Gasteiger partial charge is 0.331 e. The van der Waals surface area contributed by atoms with Crippen molar-refractivity contribution in [3.05, 3.63) is 29.8 Å². The zero-order valence-corrected chi connectivity index (χ0v) is 11.9. The van der Waals surface area contributed by atoms with Gasteiger partial charge in [-0.3, -0.25) is 4.79 Å². The summed E-state index contributed by atoms with van der Waals surface area (Å²) >= 11 is 0. The molecule has 6 nitrogen and oxygen atoms in total. The molecule has 114 valence electrons. The molecule has 1 aromatic carbocycles. The van der Waals surface area contributed by atoms with Crippen LogP contribution in [0.15, 0.2) is 24.3 Å². The molecule has 1 amide bonds. The number of benzene rings is 1. The Balaban J connectivity index is 1.79. The van der Waals surface area contributed by atoms with Gasteiger partial charge in [-0.15, -0.1) is 0 Å². The topological polar surface area (TPSA) is 84.9 Å². The highest BCUT2D eigenvalue weighted by molar-refractivity contribution is 5.87. The second kappa shape index (κ2) is 6.58. The fourth-order valence-corrected chi connectivity index (χ4v) is 2.11. The van der Waals surface area contributed by atoms with Crippen LogP contribution in [0.2, 0.25) is 0 Å². The van der Waals surface area contributed by atoms with E-state index in [2.05, 4.69) is 5.32 Å². The lowest BCUT2D eigenvalue weighted by molar-refractivity contribution is -0.147. The van der Waals surface area contributed by atoms with Crippen LogP contribution in [0.25, 0.3) is 0 Å². The SMILES string of the molecule is Cc1ccc(OCCC(=O)NC2(C(=O)O)CCOC2)cc1. The molecule has 21 heavy (non-hydrogen) atoms. The summed E-state index contributed by atoms with van der Waals surface area (Å²) in [5, 5.41) is 11.8. The van der Waals surface area contributed by atoms with Gasteiger partial charge in [-0.25, -0.2) is 4.79 Å². The van der Waals surface area contributed by atoms with Crippen molar-refractivity contribution in [2.45, 2.75) is 25.3 Å². The van der Waals surface area contributed by atoms with E-state index in [1.807, 2.05) is 31.2 Å². The third-order valence-electron chi connectivity index (χ3n) is 3.43. The van der Waals surface area contributed by atoms with Crippen LogP contribution in [0.4, 0.5) is 0 Å². The molecule has 1 aromatic rings. The van der Waals surface area contributed by atoms with Gasteiger partial charge < -0.3 is 19.9 Å². The number of aryl methyl sites for hydroxylation is 1. The Bertz CT molecular complexity index is 505. The van der Waals surface area contributed by atoms with Crippen molar-refractivity contribution in [3.63, 3.8) is 0 Å². The predicted octanol–water partition coefficient (Wildman–Crippen LogP) is 1.12. The number of carbonyl (C=O) groups is 2. The summed E-state index contributed by atoms with van der Waals surface area (Å²) in [6.07, 6.45) is 0.385. The predicted molar refractivity (Wildman–Crippen MR) is 75.2 cm³/mol. The molecule has 1 fully saturated rings. The van der Waals surface area contributed by atoms with E-state index >= 15 is 0 Å². The zero-order valence-electron chi connectivity index (χ0n) is 11.9. The van der Waals surface area contributed by atoms with E-state index in [4.69, 9.17) is 9.47 Å². The highest BCUT2D eigenvalue weighted by atomic mass is 16.5. The van der Waals surface area contributed by atoms with Gasteiger partial charge in [0.25, 0.3) is 0 Å². The molecule has 2 rings (SSSR count). The van der Waals surface area contributed by atoms with Crippen molar-refractivity contribution in [2.75, 3.05) is 19.8 Å². The summed E-state index contributed by atoms with van der Waals surface area (Å²) in [5.41, 5.74) is -0.161.